The number of rotatable bonds is 7. The minimum atomic E-state index is -1.56. The largest absolute Gasteiger partial charge is 0.492 e. The van der Waals surface area contributed by atoms with Crippen LogP contribution in [0.3, 0.4) is 0 Å². The van der Waals surface area contributed by atoms with Gasteiger partial charge in [0, 0.05) is 24.5 Å². The molecular formula is C33H42N4O10. The summed E-state index contributed by atoms with van der Waals surface area (Å²) < 4.78 is 19.0. The molecule has 6 rings (SSSR count). The summed E-state index contributed by atoms with van der Waals surface area (Å²) in [6, 6.07) is 0. The van der Waals surface area contributed by atoms with Gasteiger partial charge in [0.2, 0.25) is 5.88 Å². The lowest BCUT2D eigenvalue weighted by Crippen LogP contribution is -2.63. The van der Waals surface area contributed by atoms with Gasteiger partial charge in [0.25, 0.3) is 0 Å². The Morgan fingerprint density at radius 2 is 1.91 bits per heavy atom. The van der Waals surface area contributed by atoms with E-state index in [0.29, 0.717) is 36.3 Å². The molecule has 2 aromatic rings. The number of carbonyl (C=O) groups excluding carboxylic acids is 1. The molecule has 2 saturated carbocycles. The Hall–Kier alpha value is -3.50. The molecule has 4 aliphatic rings. The highest BCUT2D eigenvalue weighted by Gasteiger charge is 2.59. The van der Waals surface area contributed by atoms with Crippen LogP contribution < -0.4 is 0 Å². The number of hydrogen-bond acceptors (Lipinski definition) is 13. The van der Waals surface area contributed by atoms with Gasteiger partial charge in [-0.15, -0.1) is 0 Å². The number of esters is 1. The zero-order chi connectivity index (χ0) is 33.8. The number of aromatic nitrogens is 4. The van der Waals surface area contributed by atoms with Crippen LogP contribution in [0.4, 0.5) is 0 Å². The third-order valence-electron chi connectivity index (χ3n) is 10.8. The summed E-state index contributed by atoms with van der Waals surface area (Å²) in [7, 11) is 1.73. The zero-order valence-corrected chi connectivity index (χ0v) is 26.6. The van der Waals surface area contributed by atoms with Crippen LogP contribution in [0.25, 0.3) is 17.2 Å². The van der Waals surface area contributed by atoms with Gasteiger partial charge in [-0.3, -0.25) is 0 Å². The highest BCUT2D eigenvalue weighted by Crippen LogP contribution is 2.62. The molecule has 0 bridgehead atoms. The number of fused-ring (bicyclic) bond motifs is 2. The highest BCUT2D eigenvalue weighted by molar-refractivity contribution is 5.96. The van der Waals surface area contributed by atoms with E-state index in [4.69, 9.17) is 14.2 Å². The number of aliphatic hydroxyl groups excluding tert-OH is 5. The molecule has 47 heavy (non-hydrogen) atoms. The second-order valence-electron chi connectivity index (χ2n) is 13.6. The maximum atomic E-state index is 12.9. The smallest absolute Gasteiger partial charge is 0.343 e. The number of cyclic esters (lactones) is 1. The van der Waals surface area contributed by atoms with E-state index in [-0.39, 0.29) is 41.0 Å². The second-order valence-corrected chi connectivity index (χ2v) is 13.6. The summed E-state index contributed by atoms with van der Waals surface area (Å²) in [6.07, 6.45) is 3.19. The second kappa shape index (κ2) is 12.5. The van der Waals surface area contributed by atoms with Crippen LogP contribution in [-0.2, 0) is 26.1 Å². The van der Waals surface area contributed by atoms with Crippen LogP contribution in [0.15, 0.2) is 48.0 Å². The average Bonchev–Trinajstić information content (AvgIpc) is 3.56. The minimum Gasteiger partial charge on any atom is -0.492 e. The molecular weight excluding hydrogens is 612 g/mol. The van der Waals surface area contributed by atoms with Crippen molar-refractivity contribution in [3.63, 3.8) is 0 Å². The predicted molar refractivity (Wildman–Crippen MR) is 166 cm³/mol. The Morgan fingerprint density at radius 1 is 1.15 bits per heavy atom. The van der Waals surface area contributed by atoms with Crippen molar-refractivity contribution in [1.29, 1.82) is 0 Å². The summed E-state index contributed by atoms with van der Waals surface area (Å²) in [5.41, 5.74) is 0.884. The standard InChI is InChI=1S/C33H42N4O10/c1-16-5-8-21-32(2,10-9-22(33(21,3)14-39)47-31-27(42)26(41)25(40)20(13-38)46-31)19(16)7-6-17-11-18(45-30(17)44)12-23-36-24-28(37(23)4)34-15-35-29(24)43/h6-7,11-12,15,19-22,25-27,31,38-42H,1,5,8-10,13-14H2,2-4H3,(H,34,35,43)/b7-6+,18-12+/t19?,20?,21?,22-,25?,26?,27?,31?,32-,33+/m1/s1. The maximum absolute atomic E-state index is 12.9. The molecule has 0 radical (unpaired) electrons. The van der Waals surface area contributed by atoms with Crippen LogP contribution in [0.5, 0.6) is 5.88 Å². The first kappa shape index (κ1) is 33.4. The number of aromatic hydroxyl groups is 1. The fraction of sp³-hybridized carbons (Fsp3) is 0.576. The molecule has 254 valence electrons. The van der Waals surface area contributed by atoms with Crippen molar-refractivity contribution in [2.45, 2.75) is 76.3 Å². The summed E-state index contributed by atoms with van der Waals surface area (Å²) >= 11 is 0. The molecule has 3 fully saturated rings. The van der Waals surface area contributed by atoms with Crippen LogP contribution in [0.2, 0.25) is 0 Å². The van der Waals surface area contributed by atoms with Gasteiger partial charge in [0.1, 0.15) is 42.3 Å². The molecule has 1 saturated heterocycles. The average molecular weight is 655 g/mol. The number of aryl methyl sites for hydroxylation is 1. The van der Waals surface area contributed by atoms with Gasteiger partial charge in [-0.1, -0.05) is 38.2 Å². The Labute approximate surface area is 271 Å². The van der Waals surface area contributed by atoms with Gasteiger partial charge >= 0.3 is 5.97 Å². The van der Waals surface area contributed by atoms with Crippen LogP contribution in [0, 0.1) is 22.7 Å². The summed E-state index contributed by atoms with van der Waals surface area (Å²) in [6.45, 7) is 7.70. The van der Waals surface area contributed by atoms with Crippen LogP contribution in [-0.4, -0.2) is 106 Å². The van der Waals surface area contributed by atoms with E-state index in [2.05, 4.69) is 28.5 Å². The molecule has 10 atom stereocenters. The molecule has 2 aliphatic carbocycles. The van der Waals surface area contributed by atoms with Gasteiger partial charge < -0.3 is 49.4 Å². The Kier molecular flexibility index (Phi) is 8.89. The summed E-state index contributed by atoms with van der Waals surface area (Å²) in [4.78, 5) is 25.1. The first-order chi connectivity index (χ1) is 22.3. The van der Waals surface area contributed by atoms with E-state index in [0.717, 1.165) is 12.0 Å². The third kappa shape index (κ3) is 5.61. The Balaban J connectivity index is 1.23. The zero-order valence-electron chi connectivity index (χ0n) is 26.6. The Morgan fingerprint density at radius 3 is 2.62 bits per heavy atom. The predicted octanol–water partition coefficient (Wildman–Crippen LogP) is 1.02. The molecule has 7 unspecified atom stereocenters. The summed E-state index contributed by atoms with van der Waals surface area (Å²) in [5, 5.41) is 61.6. The van der Waals surface area contributed by atoms with E-state index in [1.165, 1.54) is 6.33 Å². The van der Waals surface area contributed by atoms with Crippen molar-refractivity contribution in [2.75, 3.05) is 13.2 Å². The normalized spacial score (nSPS) is 38.6. The van der Waals surface area contributed by atoms with Crippen LogP contribution in [0.1, 0.15) is 45.4 Å². The quantitative estimate of drug-likeness (QED) is 0.140. The van der Waals surface area contributed by atoms with Gasteiger partial charge in [-0.2, -0.15) is 4.98 Å². The van der Waals surface area contributed by atoms with Crippen molar-refractivity contribution < 1.29 is 49.6 Å². The Bertz CT molecular complexity index is 1650. The van der Waals surface area contributed by atoms with Gasteiger partial charge in [0.15, 0.2) is 17.5 Å². The lowest BCUT2D eigenvalue weighted by molar-refractivity contribution is -0.329. The molecule has 0 spiro atoms. The fourth-order valence-corrected chi connectivity index (χ4v) is 8.10. The number of nitrogens with zero attached hydrogens (tertiary/aromatic N) is 4. The van der Waals surface area contributed by atoms with Crippen molar-refractivity contribution in [3.05, 3.63) is 53.9 Å². The topological polar surface area (TPSA) is 210 Å². The lowest BCUT2D eigenvalue weighted by Gasteiger charge is -2.60. The van der Waals surface area contributed by atoms with Crippen LogP contribution >= 0.6 is 0 Å². The number of carbonyl (C=O) groups is 1. The van der Waals surface area contributed by atoms with Crippen molar-refractivity contribution in [3.8, 4) is 5.88 Å². The third-order valence-corrected chi connectivity index (χ3v) is 10.8. The van der Waals surface area contributed by atoms with Crippen molar-refractivity contribution in [1.82, 2.24) is 19.5 Å². The molecule has 2 aliphatic heterocycles. The van der Waals surface area contributed by atoms with Crippen molar-refractivity contribution in [2.24, 2.45) is 29.7 Å². The number of aliphatic hydroxyl groups is 5. The van der Waals surface area contributed by atoms with E-state index >= 15 is 0 Å². The number of hydrogen-bond donors (Lipinski definition) is 6. The van der Waals surface area contributed by atoms with Gasteiger partial charge in [0.05, 0.1) is 24.9 Å². The first-order valence-corrected chi connectivity index (χ1v) is 15.8. The molecule has 4 heterocycles. The number of ether oxygens (including phenoxy) is 3. The first-order valence-electron chi connectivity index (χ1n) is 15.8. The molecule has 0 aromatic carbocycles. The van der Waals surface area contributed by atoms with Gasteiger partial charge in [-0.05, 0) is 43.1 Å². The maximum Gasteiger partial charge on any atom is 0.343 e. The minimum absolute atomic E-state index is 0.0548. The monoisotopic (exact) mass is 654 g/mol. The fourth-order valence-electron chi connectivity index (χ4n) is 8.10. The van der Waals surface area contributed by atoms with Crippen molar-refractivity contribution >= 4 is 23.2 Å². The molecule has 14 heteroatoms. The SMILES string of the molecule is C=C1CCC2[C@](C)(CC[C@@H](OC3OC(CO)C(O)C(O)C3O)[C@@]2(C)CO)C1/C=C/C1=CC(=C\c2nc3c(O)ncnc3n2C)/OC1=O. The molecule has 2 aromatic heterocycles. The number of allylic oxidation sites excluding steroid dienone is 3. The number of imidazole rings is 1. The van der Waals surface area contributed by atoms with E-state index in [1.807, 2.05) is 13.0 Å². The lowest BCUT2D eigenvalue weighted by atomic mass is 9.46. The molecule has 6 N–H and O–H groups in total. The van der Waals surface area contributed by atoms with E-state index in [1.54, 1.807) is 29.8 Å². The molecule has 0 amide bonds. The van der Waals surface area contributed by atoms with Gasteiger partial charge in [-0.25, -0.2) is 14.8 Å². The van der Waals surface area contributed by atoms with E-state index < -0.39 is 54.8 Å². The molecule has 14 nitrogen and oxygen atoms in total. The highest BCUT2D eigenvalue weighted by atomic mass is 16.7. The summed E-state index contributed by atoms with van der Waals surface area (Å²) in [5.74, 6) is -0.255. The van der Waals surface area contributed by atoms with E-state index in [9.17, 15) is 35.4 Å².